The van der Waals surface area contributed by atoms with Crippen molar-refractivity contribution in [2.24, 2.45) is 0 Å². The number of hydrazine groups is 1. The molecule has 1 aromatic carbocycles. The summed E-state index contributed by atoms with van der Waals surface area (Å²) in [5, 5.41) is 13.1. The number of rotatable bonds is 4. The third kappa shape index (κ3) is 4.30. The molecule has 1 aliphatic heterocycles. The Labute approximate surface area is 163 Å². The molecule has 15 heteroatoms. The lowest BCUT2D eigenvalue weighted by atomic mass is 9.92. The van der Waals surface area contributed by atoms with Crippen molar-refractivity contribution in [1.29, 1.82) is 0 Å². The molecule has 2 unspecified atom stereocenters. The highest BCUT2D eigenvalue weighted by atomic mass is 19.4. The lowest BCUT2D eigenvalue weighted by Gasteiger charge is -2.29. The molecule has 0 radical (unpaired) electrons. The lowest BCUT2D eigenvalue weighted by Crippen LogP contribution is -2.54. The van der Waals surface area contributed by atoms with Crippen LogP contribution < -0.4 is 10.7 Å². The third-order valence-corrected chi connectivity index (χ3v) is 4.55. The van der Waals surface area contributed by atoms with Gasteiger partial charge >= 0.3 is 18.3 Å². The van der Waals surface area contributed by atoms with Crippen molar-refractivity contribution in [2.75, 3.05) is 12.4 Å². The third-order valence-electron chi connectivity index (χ3n) is 4.55. The van der Waals surface area contributed by atoms with Gasteiger partial charge in [-0.1, -0.05) is 0 Å². The number of anilines is 1. The molecule has 1 heterocycles. The van der Waals surface area contributed by atoms with Crippen LogP contribution >= 0.6 is 0 Å². The Balaban J connectivity index is 2.29. The van der Waals surface area contributed by atoms with Crippen LogP contribution in [0.3, 0.4) is 0 Å². The first kappa shape index (κ1) is 23.7. The van der Waals surface area contributed by atoms with Gasteiger partial charge in [-0.2, -0.15) is 35.1 Å². The van der Waals surface area contributed by atoms with Crippen molar-refractivity contribution >= 4 is 17.3 Å². The van der Waals surface area contributed by atoms with Gasteiger partial charge in [-0.15, -0.1) is 0 Å². The van der Waals surface area contributed by atoms with Crippen LogP contribution in [0.4, 0.5) is 46.5 Å². The van der Waals surface area contributed by atoms with E-state index in [1.807, 2.05) is 5.32 Å². The molecular formula is C15H14F8N4O3. The van der Waals surface area contributed by atoms with E-state index in [1.54, 1.807) is 0 Å². The van der Waals surface area contributed by atoms with E-state index >= 15 is 0 Å². The predicted octanol–water partition coefficient (Wildman–Crippen LogP) is 3.72. The van der Waals surface area contributed by atoms with Crippen molar-refractivity contribution < 1.29 is 44.8 Å². The van der Waals surface area contributed by atoms with Gasteiger partial charge in [0.2, 0.25) is 5.91 Å². The van der Waals surface area contributed by atoms with Crippen LogP contribution in [0.2, 0.25) is 0 Å². The zero-order chi connectivity index (χ0) is 23.3. The average Bonchev–Trinajstić information content (AvgIpc) is 2.89. The topological polar surface area (TPSA) is 87.5 Å². The number of nitro benzene ring substituents is 1. The van der Waals surface area contributed by atoms with Gasteiger partial charge in [0.25, 0.3) is 5.69 Å². The van der Waals surface area contributed by atoms with E-state index in [1.165, 1.54) is 0 Å². The van der Waals surface area contributed by atoms with E-state index in [-0.39, 0.29) is 6.07 Å². The van der Waals surface area contributed by atoms with Crippen LogP contribution in [0.25, 0.3) is 0 Å². The maximum Gasteiger partial charge on any atom is 0.455 e. The summed E-state index contributed by atoms with van der Waals surface area (Å²) >= 11 is 0. The van der Waals surface area contributed by atoms with Crippen molar-refractivity contribution in [1.82, 2.24) is 10.4 Å². The van der Waals surface area contributed by atoms with Crippen LogP contribution in [0.5, 0.6) is 0 Å². The second kappa shape index (κ2) is 7.30. The molecule has 0 saturated carbocycles. The number of carbonyl (C=O) groups is 1. The standard InChI is InChI=1S/C15H14F8N4O3/c1-12(6-10(26(2)25-12)13(16,17)15(21,22)23)11(28)24-7-3-4-9(27(29)30)8(5-7)14(18,19)20/h3-5,10,25H,6H2,1-2H3,(H,24,28). The summed E-state index contributed by atoms with van der Waals surface area (Å²) in [5.41, 5.74) is -3.39. The van der Waals surface area contributed by atoms with Gasteiger partial charge in [-0.3, -0.25) is 14.9 Å². The maximum atomic E-state index is 13.7. The number of hydrogen-bond donors (Lipinski definition) is 2. The molecule has 1 aliphatic rings. The number of hydrogen-bond acceptors (Lipinski definition) is 5. The van der Waals surface area contributed by atoms with Crippen LogP contribution in [-0.2, 0) is 11.0 Å². The molecule has 2 rings (SSSR count). The highest BCUT2D eigenvalue weighted by Crippen LogP contribution is 2.44. The molecule has 1 aromatic rings. The first-order chi connectivity index (χ1) is 13.4. The molecule has 0 spiro atoms. The number of nitrogens with one attached hydrogen (secondary N) is 2. The smallest absolute Gasteiger partial charge is 0.324 e. The summed E-state index contributed by atoms with van der Waals surface area (Å²) in [6, 6.07) is -0.944. The molecule has 168 valence electrons. The fourth-order valence-electron chi connectivity index (χ4n) is 3.01. The summed E-state index contributed by atoms with van der Waals surface area (Å²) in [6.45, 7) is 0.987. The molecule has 30 heavy (non-hydrogen) atoms. The van der Waals surface area contributed by atoms with E-state index in [4.69, 9.17) is 0 Å². The van der Waals surface area contributed by atoms with Crippen molar-refractivity contribution in [3.05, 3.63) is 33.9 Å². The Kier molecular flexibility index (Phi) is 5.77. The van der Waals surface area contributed by atoms with E-state index in [2.05, 4.69) is 5.43 Å². The van der Waals surface area contributed by atoms with Gasteiger partial charge in [0.1, 0.15) is 11.1 Å². The Morgan fingerprint density at radius 1 is 1.23 bits per heavy atom. The van der Waals surface area contributed by atoms with E-state index < -0.39 is 64.0 Å². The first-order valence-corrected chi connectivity index (χ1v) is 8.02. The molecule has 1 saturated heterocycles. The molecule has 0 aliphatic carbocycles. The molecule has 7 nitrogen and oxygen atoms in total. The van der Waals surface area contributed by atoms with Gasteiger partial charge in [-0.25, -0.2) is 10.4 Å². The Morgan fingerprint density at radius 2 is 1.80 bits per heavy atom. The molecule has 2 N–H and O–H groups in total. The van der Waals surface area contributed by atoms with Crippen LogP contribution in [-0.4, -0.2) is 46.6 Å². The molecule has 1 fully saturated rings. The zero-order valence-electron chi connectivity index (χ0n) is 15.2. The second-order valence-electron chi connectivity index (χ2n) is 6.84. The number of nitro groups is 1. The molecular weight excluding hydrogens is 436 g/mol. The fourth-order valence-corrected chi connectivity index (χ4v) is 3.01. The quantitative estimate of drug-likeness (QED) is 0.415. The summed E-state index contributed by atoms with van der Waals surface area (Å²) in [5.74, 6) is -6.39. The van der Waals surface area contributed by atoms with Gasteiger partial charge in [-0.05, 0) is 25.5 Å². The molecule has 0 aromatic heterocycles. The zero-order valence-corrected chi connectivity index (χ0v) is 15.2. The average molecular weight is 450 g/mol. The minimum Gasteiger partial charge on any atom is -0.324 e. The number of halogens is 8. The highest BCUT2D eigenvalue weighted by molar-refractivity contribution is 5.98. The maximum absolute atomic E-state index is 13.7. The number of amides is 1. The predicted molar refractivity (Wildman–Crippen MR) is 85.4 cm³/mol. The number of benzene rings is 1. The Morgan fingerprint density at radius 3 is 2.27 bits per heavy atom. The van der Waals surface area contributed by atoms with E-state index in [0.29, 0.717) is 11.1 Å². The monoisotopic (exact) mass is 450 g/mol. The number of carbonyl (C=O) groups excluding carboxylic acids is 1. The summed E-state index contributed by atoms with van der Waals surface area (Å²) in [6.07, 6.45) is -12.1. The Bertz CT molecular complexity index is 857. The minimum atomic E-state index is -5.89. The SMILES string of the molecule is CN1NC(C)(C(=O)Nc2ccc([N+](=O)[O-])c(C(F)(F)F)c2)CC1C(F)(F)C(F)(F)F. The van der Waals surface area contributed by atoms with Crippen LogP contribution in [0, 0.1) is 10.1 Å². The highest BCUT2D eigenvalue weighted by Gasteiger charge is 2.67. The summed E-state index contributed by atoms with van der Waals surface area (Å²) in [7, 11) is 0.858. The Hall–Kier alpha value is -2.55. The largest absolute Gasteiger partial charge is 0.455 e. The van der Waals surface area contributed by atoms with Crippen molar-refractivity contribution in [3.8, 4) is 0 Å². The van der Waals surface area contributed by atoms with Gasteiger partial charge in [0.15, 0.2) is 0 Å². The molecule has 2 atom stereocenters. The molecule has 1 amide bonds. The van der Waals surface area contributed by atoms with Crippen LogP contribution in [0.15, 0.2) is 18.2 Å². The van der Waals surface area contributed by atoms with Gasteiger partial charge < -0.3 is 5.32 Å². The minimum absolute atomic E-state index is 0.264. The fraction of sp³-hybridized carbons (Fsp3) is 0.533. The summed E-state index contributed by atoms with van der Waals surface area (Å²) < 4.78 is 104. The lowest BCUT2D eigenvalue weighted by molar-refractivity contribution is -0.388. The number of nitrogens with zero attached hydrogens (tertiary/aromatic N) is 2. The van der Waals surface area contributed by atoms with Crippen molar-refractivity contribution in [2.45, 2.75) is 43.2 Å². The second-order valence-corrected chi connectivity index (χ2v) is 6.84. The van der Waals surface area contributed by atoms with Crippen molar-refractivity contribution in [3.63, 3.8) is 0 Å². The first-order valence-electron chi connectivity index (χ1n) is 8.02. The molecule has 0 bridgehead atoms. The van der Waals surface area contributed by atoms with Crippen LogP contribution in [0.1, 0.15) is 18.9 Å². The summed E-state index contributed by atoms with van der Waals surface area (Å²) in [4.78, 5) is 21.9. The van der Waals surface area contributed by atoms with E-state index in [0.717, 1.165) is 20.0 Å². The van der Waals surface area contributed by atoms with Gasteiger partial charge in [0.05, 0.1) is 11.0 Å². The number of alkyl halides is 8. The van der Waals surface area contributed by atoms with E-state index in [9.17, 15) is 50.0 Å². The normalized spacial score (nSPS) is 23.5. The van der Waals surface area contributed by atoms with Gasteiger partial charge in [0, 0.05) is 18.8 Å².